The third-order valence-corrected chi connectivity index (χ3v) is 3.80. The number of halogens is 1. The van der Waals surface area contributed by atoms with Gasteiger partial charge in [0.15, 0.2) is 6.04 Å². The van der Waals surface area contributed by atoms with E-state index in [1.54, 1.807) is 10.9 Å². The van der Waals surface area contributed by atoms with E-state index < -0.39 is 6.04 Å². The number of benzene rings is 1. The number of amides is 1. The number of carbonyl (C=O) groups excluding carboxylic acids is 1. The third-order valence-electron chi connectivity index (χ3n) is 3.80. The summed E-state index contributed by atoms with van der Waals surface area (Å²) in [5, 5.41) is 10.7. The second kappa shape index (κ2) is 7.96. The monoisotopic (exact) mass is 320 g/mol. The molecule has 1 fully saturated rings. The number of nitrogens with one attached hydrogen (secondary N) is 2. The number of hydrogen-bond donors (Lipinski definition) is 2. The molecule has 6 heteroatoms. The van der Waals surface area contributed by atoms with Gasteiger partial charge in [0.25, 0.3) is 0 Å². The standard InChI is InChI=1S/C16H20N4O.ClH/c21-16(19-14-8-4-9-17-12-14)15(20-11-5-10-18-20)13-6-2-1-3-7-13;/h1-3,5-7,10-11,14-15,17H,4,8-9,12H2,(H,19,21);1H/t14-,15?;/m0./s1. The van der Waals surface area contributed by atoms with Crippen LogP contribution in [-0.2, 0) is 4.79 Å². The van der Waals surface area contributed by atoms with Crippen molar-refractivity contribution >= 4 is 18.3 Å². The molecule has 22 heavy (non-hydrogen) atoms. The Morgan fingerprint density at radius 1 is 1.32 bits per heavy atom. The summed E-state index contributed by atoms with van der Waals surface area (Å²) < 4.78 is 1.71. The average Bonchev–Trinajstić information content (AvgIpc) is 3.03. The second-order valence-electron chi connectivity index (χ2n) is 5.35. The summed E-state index contributed by atoms with van der Waals surface area (Å²) in [6.45, 7) is 1.87. The highest BCUT2D eigenvalue weighted by atomic mass is 35.5. The molecule has 1 aliphatic heterocycles. The molecule has 2 heterocycles. The van der Waals surface area contributed by atoms with Gasteiger partial charge in [-0.2, -0.15) is 5.10 Å². The zero-order valence-corrected chi connectivity index (χ0v) is 13.1. The second-order valence-corrected chi connectivity index (χ2v) is 5.35. The van der Waals surface area contributed by atoms with Gasteiger partial charge in [0.2, 0.25) is 5.91 Å². The highest BCUT2D eigenvalue weighted by Crippen LogP contribution is 2.18. The molecule has 1 saturated heterocycles. The van der Waals surface area contributed by atoms with Crippen LogP contribution in [0.5, 0.6) is 0 Å². The average molecular weight is 321 g/mol. The normalized spacial score (nSPS) is 19.0. The van der Waals surface area contributed by atoms with Gasteiger partial charge in [-0.15, -0.1) is 12.4 Å². The molecule has 0 saturated carbocycles. The van der Waals surface area contributed by atoms with Crippen molar-refractivity contribution in [2.45, 2.75) is 24.9 Å². The first-order valence-electron chi connectivity index (χ1n) is 7.40. The summed E-state index contributed by atoms with van der Waals surface area (Å²) in [6.07, 6.45) is 5.66. The van der Waals surface area contributed by atoms with E-state index in [9.17, 15) is 4.79 Å². The molecule has 1 aromatic carbocycles. The predicted octanol–water partition coefficient (Wildman–Crippen LogP) is 1.76. The van der Waals surface area contributed by atoms with E-state index in [2.05, 4.69) is 15.7 Å². The summed E-state index contributed by atoms with van der Waals surface area (Å²) in [4.78, 5) is 12.7. The molecule has 0 spiro atoms. The van der Waals surface area contributed by atoms with E-state index in [0.717, 1.165) is 31.5 Å². The number of carbonyl (C=O) groups is 1. The van der Waals surface area contributed by atoms with E-state index >= 15 is 0 Å². The van der Waals surface area contributed by atoms with Crippen molar-refractivity contribution in [2.75, 3.05) is 13.1 Å². The SMILES string of the molecule is Cl.O=C(N[C@H]1CCCNC1)C(c1ccccc1)n1cccn1. The van der Waals surface area contributed by atoms with Crippen LogP contribution in [-0.4, -0.2) is 34.8 Å². The van der Waals surface area contributed by atoms with Gasteiger partial charge in [-0.25, -0.2) is 0 Å². The van der Waals surface area contributed by atoms with Crippen molar-refractivity contribution in [3.05, 3.63) is 54.4 Å². The number of piperidine rings is 1. The fourth-order valence-electron chi connectivity index (χ4n) is 2.75. The minimum Gasteiger partial charge on any atom is -0.350 e. The van der Waals surface area contributed by atoms with Crippen molar-refractivity contribution < 1.29 is 4.79 Å². The Bertz CT molecular complexity index is 567. The van der Waals surface area contributed by atoms with Gasteiger partial charge in [-0.1, -0.05) is 30.3 Å². The van der Waals surface area contributed by atoms with E-state index in [1.165, 1.54) is 0 Å². The van der Waals surface area contributed by atoms with Crippen LogP contribution in [0.25, 0.3) is 0 Å². The lowest BCUT2D eigenvalue weighted by molar-refractivity contribution is -0.124. The maximum absolute atomic E-state index is 12.7. The molecule has 2 atom stereocenters. The fourth-order valence-corrected chi connectivity index (χ4v) is 2.75. The molecule has 3 rings (SSSR count). The first-order chi connectivity index (χ1) is 10.3. The van der Waals surface area contributed by atoms with Crippen LogP contribution in [0.1, 0.15) is 24.4 Å². The number of hydrogen-bond acceptors (Lipinski definition) is 3. The third kappa shape index (κ3) is 3.87. The molecule has 118 valence electrons. The lowest BCUT2D eigenvalue weighted by Gasteiger charge is -2.26. The zero-order chi connectivity index (χ0) is 14.5. The fraction of sp³-hybridized carbons (Fsp3) is 0.375. The van der Waals surface area contributed by atoms with E-state index in [-0.39, 0.29) is 24.4 Å². The zero-order valence-electron chi connectivity index (χ0n) is 12.3. The topological polar surface area (TPSA) is 59.0 Å². The molecule has 5 nitrogen and oxygen atoms in total. The minimum absolute atomic E-state index is 0. The molecular formula is C16H21ClN4O. The van der Waals surface area contributed by atoms with Crippen molar-refractivity contribution in [3.63, 3.8) is 0 Å². The minimum atomic E-state index is -0.414. The first kappa shape index (κ1) is 16.5. The van der Waals surface area contributed by atoms with Crippen molar-refractivity contribution in [1.82, 2.24) is 20.4 Å². The van der Waals surface area contributed by atoms with Gasteiger partial charge >= 0.3 is 0 Å². The highest BCUT2D eigenvalue weighted by molar-refractivity contribution is 5.85. The summed E-state index contributed by atoms with van der Waals surface area (Å²) in [6, 6.07) is 11.4. The van der Waals surface area contributed by atoms with Crippen LogP contribution in [0, 0.1) is 0 Å². The maximum Gasteiger partial charge on any atom is 0.249 e. The quantitative estimate of drug-likeness (QED) is 0.902. The van der Waals surface area contributed by atoms with Crippen LogP contribution in [0.2, 0.25) is 0 Å². The highest BCUT2D eigenvalue weighted by Gasteiger charge is 2.25. The Labute approximate surface area is 136 Å². The van der Waals surface area contributed by atoms with Gasteiger partial charge in [0, 0.05) is 25.0 Å². The van der Waals surface area contributed by atoms with Crippen molar-refractivity contribution in [1.29, 1.82) is 0 Å². The van der Waals surface area contributed by atoms with Crippen molar-refractivity contribution in [3.8, 4) is 0 Å². The van der Waals surface area contributed by atoms with E-state index in [0.29, 0.717) is 0 Å². The molecule has 1 amide bonds. The van der Waals surface area contributed by atoms with Crippen molar-refractivity contribution in [2.24, 2.45) is 0 Å². The molecule has 1 unspecified atom stereocenters. The summed E-state index contributed by atoms with van der Waals surface area (Å²) >= 11 is 0. The Morgan fingerprint density at radius 3 is 2.77 bits per heavy atom. The number of rotatable bonds is 4. The molecule has 2 aromatic rings. The van der Waals surface area contributed by atoms with Gasteiger partial charge in [-0.3, -0.25) is 9.48 Å². The molecule has 0 bridgehead atoms. The largest absolute Gasteiger partial charge is 0.350 e. The van der Waals surface area contributed by atoms with Gasteiger partial charge in [0.1, 0.15) is 0 Å². The molecule has 1 aromatic heterocycles. The van der Waals surface area contributed by atoms with Gasteiger partial charge in [0.05, 0.1) is 0 Å². The molecule has 2 N–H and O–H groups in total. The van der Waals surface area contributed by atoms with Gasteiger partial charge < -0.3 is 10.6 Å². The van der Waals surface area contributed by atoms with Gasteiger partial charge in [-0.05, 0) is 31.0 Å². The Morgan fingerprint density at radius 2 is 2.14 bits per heavy atom. The Balaban J connectivity index is 0.00000176. The number of nitrogens with zero attached hydrogens (tertiary/aromatic N) is 2. The first-order valence-corrected chi connectivity index (χ1v) is 7.40. The number of aromatic nitrogens is 2. The maximum atomic E-state index is 12.7. The van der Waals surface area contributed by atoms with E-state index in [4.69, 9.17) is 0 Å². The van der Waals surface area contributed by atoms with Crippen LogP contribution >= 0.6 is 12.4 Å². The molecule has 0 aliphatic carbocycles. The predicted molar refractivity (Wildman–Crippen MR) is 88.1 cm³/mol. The Hall–Kier alpha value is -1.85. The molecule has 1 aliphatic rings. The van der Waals surface area contributed by atoms with Crippen LogP contribution in [0.3, 0.4) is 0 Å². The molecular weight excluding hydrogens is 300 g/mol. The smallest absolute Gasteiger partial charge is 0.249 e. The van der Waals surface area contributed by atoms with Crippen LogP contribution in [0.4, 0.5) is 0 Å². The lowest BCUT2D eigenvalue weighted by Crippen LogP contribution is -2.48. The Kier molecular flexibility index (Phi) is 5.98. The molecule has 0 radical (unpaired) electrons. The summed E-state index contributed by atoms with van der Waals surface area (Å²) in [5.41, 5.74) is 0.947. The van der Waals surface area contributed by atoms with E-state index in [1.807, 2.05) is 42.6 Å². The summed E-state index contributed by atoms with van der Waals surface area (Å²) in [5.74, 6) is -0.00130. The lowest BCUT2D eigenvalue weighted by atomic mass is 10.0. The van der Waals surface area contributed by atoms with Crippen LogP contribution in [0.15, 0.2) is 48.8 Å². The van der Waals surface area contributed by atoms with Crippen LogP contribution < -0.4 is 10.6 Å². The summed E-state index contributed by atoms with van der Waals surface area (Å²) in [7, 11) is 0.